The molecule has 0 bridgehead atoms. The van der Waals surface area contributed by atoms with Gasteiger partial charge in [0.15, 0.2) is 0 Å². The molecule has 0 spiro atoms. The maximum Gasteiger partial charge on any atom is 0.221 e. The van der Waals surface area contributed by atoms with Gasteiger partial charge < -0.3 is 10.1 Å². The van der Waals surface area contributed by atoms with Gasteiger partial charge in [-0.05, 0) is 36.9 Å². The Hall–Kier alpha value is -1.61. The van der Waals surface area contributed by atoms with Crippen LogP contribution < -0.4 is 10.1 Å². The van der Waals surface area contributed by atoms with Crippen LogP contribution in [0.3, 0.4) is 0 Å². The van der Waals surface area contributed by atoms with Crippen LogP contribution in [0.25, 0.3) is 10.8 Å². The van der Waals surface area contributed by atoms with E-state index in [1.807, 2.05) is 12.3 Å². The molecule has 2 aromatic rings. The van der Waals surface area contributed by atoms with Crippen LogP contribution in [0.5, 0.6) is 5.88 Å². The Bertz CT molecular complexity index is 539. The number of pyridine rings is 1. The molecule has 0 saturated heterocycles. The summed E-state index contributed by atoms with van der Waals surface area (Å²) in [6.45, 7) is 8.10. The summed E-state index contributed by atoms with van der Waals surface area (Å²) in [6, 6.07) is 8.30. The van der Waals surface area contributed by atoms with Crippen molar-refractivity contribution < 1.29 is 4.74 Å². The molecule has 0 radical (unpaired) electrons. The van der Waals surface area contributed by atoms with Crippen molar-refractivity contribution in [3.63, 3.8) is 0 Å². The highest BCUT2D eigenvalue weighted by Crippen LogP contribution is 2.27. The molecule has 102 valence electrons. The summed E-state index contributed by atoms with van der Waals surface area (Å²) >= 11 is 0. The molecular formula is C16H22N2O. The van der Waals surface area contributed by atoms with Gasteiger partial charge in [-0.1, -0.05) is 32.0 Å². The van der Waals surface area contributed by atoms with E-state index in [4.69, 9.17) is 4.74 Å². The summed E-state index contributed by atoms with van der Waals surface area (Å²) < 4.78 is 5.90. The SMILES string of the molecule is CCNCc1cnc(OC(C)CC)c2ccccc12. The van der Waals surface area contributed by atoms with E-state index in [1.165, 1.54) is 10.9 Å². The van der Waals surface area contributed by atoms with E-state index in [1.54, 1.807) is 0 Å². The van der Waals surface area contributed by atoms with E-state index >= 15 is 0 Å². The molecule has 0 aliphatic carbocycles. The second kappa shape index (κ2) is 6.53. The van der Waals surface area contributed by atoms with Gasteiger partial charge >= 0.3 is 0 Å². The van der Waals surface area contributed by atoms with Crippen molar-refractivity contribution in [2.24, 2.45) is 0 Å². The molecular weight excluding hydrogens is 236 g/mol. The fraction of sp³-hybridized carbons (Fsp3) is 0.438. The molecule has 1 atom stereocenters. The van der Waals surface area contributed by atoms with E-state index in [0.717, 1.165) is 30.8 Å². The molecule has 0 aliphatic rings. The van der Waals surface area contributed by atoms with Crippen molar-refractivity contribution in [3.8, 4) is 5.88 Å². The zero-order chi connectivity index (χ0) is 13.7. The van der Waals surface area contributed by atoms with Gasteiger partial charge in [0.1, 0.15) is 0 Å². The van der Waals surface area contributed by atoms with Crippen LogP contribution in [0.2, 0.25) is 0 Å². The first kappa shape index (κ1) is 13.8. The Balaban J connectivity index is 2.39. The summed E-state index contributed by atoms with van der Waals surface area (Å²) in [6.07, 6.45) is 3.09. The third-order valence-electron chi connectivity index (χ3n) is 3.29. The lowest BCUT2D eigenvalue weighted by Crippen LogP contribution is -2.14. The van der Waals surface area contributed by atoms with E-state index < -0.39 is 0 Å². The van der Waals surface area contributed by atoms with Crippen molar-refractivity contribution >= 4 is 10.8 Å². The lowest BCUT2D eigenvalue weighted by atomic mass is 10.1. The monoisotopic (exact) mass is 258 g/mol. The van der Waals surface area contributed by atoms with Crippen LogP contribution in [-0.4, -0.2) is 17.6 Å². The first-order valence-electron chi connectivity index (χ1n) is 7.00. The topological polar surface area (TPSA) is 34.2 Å². The highest BCUT2D eigenvalue weighted by atomic mass is 16.5. The summed E-state index contributed by atoms with van der Waals surface area (Å²) in [4.78, 5) is 4.49. The Kier molecular flexibility index (Phi) is 4.74. The van der Waals surface area contributed by atoms with E-state index in [2.05, 4.69) is 49.3 Å². The molecule has 1 N–H and O–H groups in total. The normalized spacial score (nSPS) is 12.6. The molecule has 3 nitrogen and oxygen atoms in total. The number of nitrogens with one attached hydrogen (secondary N) is 1. The van der Waals surface area contributed by atoms with Crippen LogP contribution >= 0.6 is 0 Å². The van der Waals surface area contributed by atoms with Crippen molar-refractivity contribution in [1.82, 2.24) is 10.3 Å². The van der Waals surface area contributed by atoms with E-state index in [-0.39, 0.29) is 6.10 Å². The Labute approximate surface area is 115 Å². The number of aromatic nitrogens is 1. The van der Waals surface area contributed by atoms with Gasteiger partial charge in [-0.2, -0.15) is 0 Å². The molecule has 0 amide bonds. The lowest BCUT2D eigenvalue weighted by Gasteiger charge is -2.15. The zero-order valence-electron chi connectivity index (χ0n) is 11.9. The summed E-state index contributed by atoms with van der Waals surface area (Å²) in [5.41, 5.74) is 1.22. The number of fused-ring (bicyclic) bond motifs is 1. The molecule has 2 rings (SSSR count). The van der Waals surface area contributed by atoms with Gasteiger partial charge in [-0.15, -0.1) is 0 Å². The minimum atomic E-state index is 0.190. The smallest absolute Gasteiger partial charge is 0.221 e. The van der Waals surface area contributed by atoms with E-state index in [9.17, 15) is 0 Å². The fourth-order valence-electron chi connectivity index (χ4n) is 1.99. The number of hydrogen-bond donors (Lipinski definition) is 1. The predicted molar refractivity (Wildman–Crippen MR) is 79.5 cm³/mol. The molecule has 3 heteroatoms. The first-order valence-corrected chi connectivity index (χ1v) is 7.00. The average molecular weight is 258 g/mol. The van der Waals surface area contributed by atoms with Gasteiger partial charge in [0.25, 0.3) is 0 Å². The third-order valence-corrected chi connectivity index (χ3v) is 3.29. The van der Waals surface area contributed by atoms with Crippen molar-refractivity contribution in [2.75, 3.05) is 6.54 Å². The fourth-order valence-corrected chi connectivity index (χ4v) is 1.99. The molecule has 0 saturated carbocycles. The van der Waals surface area contributed by atoms with Crippen LogP contribution in [0.1, 0.15) is 32.8 Å². The summed E-state index contributed by atoms with van der Waals surface area (Å²) in [5.74, 6) is 0.741. The number of benzene rings is 1. The summed E-state index contributed by atoms with van der Waals surface area (Å²) in [5, 5.41) is 5.66. The number of nitrogens with zero attached hydrogens (tertiary/aromatic N) is 1. The highest BCUT2D eigenvalue weighted by Gasteiger charge is 2.10. The molecule has 1 unspecified atom stereocenters. The van der Waals surface area contributed by atoms with Gasteiger partial charge in [0.05, 0.1) is 6.10 Å². The number of ether oxygens (including phenoxy) is 1. The minimum absolute atomic E-state index is 0.190. The maximum atomic E-state index is 5.90. The summed E-state index contributed by atoms with van der Waals surface area (Å²) in [7, 11) is 0. The molecule has 0 aliphatic heterocycles. The molecule has 1 heterocycles. The van der Waals surface area contributed by atoms with Crippen LogP contribution in [0.4, 0.5) is 0 Å². The molecule has 1 aromatic heterocycles. The first-order chi connectivity index (χ1) is 9.26. The van der Waals surface area contributed by atoms with Crippen molar-refractivity contribution in [2.45, 2.75) is 39.8 Å². The van der Waals surface area contributed by atoms with Gasteiger partial charge in [-0.25, -0.2) is 4.98 Å². The number of rotatable bonds is 6. The predicted octanol–water partition coefficient (Wildman–Crippen LogP) is 3.52. The maximum absolute atomic E-state index is 5.90. The van der Waals surface area contributed by atoms with Crippen LogP contribution in [0, 0.1) is 0 Å². The Morgan fingerprint density at radius 2 is 1.95 bits per heavy atom. The van der Waals surface area contributed by atoms with Gasteiger partial charge in [0, 0.05) is 18.1 Å². The van der Waals surface area contributed by atoms with Gasteiger partial charge in [-0.3, -0.25) is 0 Å². The second-order valence-corrected chi connectivity index (χ2v) is 4.75. The van der Waals surface area contributed by atoms with Crippen LogP contribution in [0.15, 0.2) is 30.5 Å². The standard InChI is InChI=1S/C16H22N2O/c1-4-12(3)19-16-15-9-7-6-8-14(15)13(11-18-16)10-17-5-2/h6-9,11-12,17H,4-5,10H2,1-3H3. The van der Waals surface area contributed by atoms with Crippen molar-refractivity contribution in [1.29, 1.82) is 0 Å². The zero-order valence-corrected chi connectivity index (χ0v) is 11.9. The molecule has 1 aromatic carbocycles. The minimum Gasteiger partial charge on any atom is -0.474 e. The highest BCUT2D eigenvalue weighted by molar-refractivity contribution is 5.89. The largest absolute Gasteiger partial charge is 0.474 e. The Morgan fingerprint density at radius 1 is 1.21 bits per heavy atom. The number of hydrogen-bond acceptors (Lipinski definition) is 3. The molecule has 19 heavy (non-hydrogen) atoms. The van der Waals surface area contributed by atoms with E-state index in [0.29, 0.717) is 0 Å². The molecule has 0 fully saturated rings. The van der Waals surface area contributed by atoms with Gasteiger partial charge in [0.2, 0.25) is 5.88 Å². The lowest BCUT2D eigenvalue weighted by molar-refractivity contribution is 0.211. The second-order valence-electron chi connectivity index (χ2n) is 4.75. The third kappa shape index (κ3) is 3.24. The van der Waals surface area contributed by atoms with Crippen molar-refractivity contribution in [3.05, 3.63) is 36.0 Å². The van der Waals surface area contributed by atoms with Crippen LogP contribution in [-0.2, 0) is 6.54 Å². The average Bonchev–Trinajstić information content (AvgIpc) is 2.46. The quantitative estimate of drug-likeness (QED) is 0.860. The Morgan fingerprint density at radius 3 is 2.63 bits per heavy atom.